The van der Waals surface area contributed by atoms with Gasteiger partial charge in [-0.3, -0.25) is 14.6 Å². The van der Waals surface area contributed by atoms with E-state index in [1.807, 2.05) is 25.1 Å². The van der Waals surface area contributed by atoms with Gasteiger partial charge < -0.3 is 20.3 Å². The van der Waals surface area contributed by atoms with Crippen molar-refractivity contribution in [3.05, 3.63) is 29.5 Å². The Morgan fingerprint density at radius 1 is 1.28 bits per heavy atom. The number of nitrogens with zero attached hydrogens (tertiary/aromatic N) is 2. The van der Waals surface area contributed by atoms with Gasteiger partial charge in [-0.25, -0.2) is 0 Å². The fourth-order valence-electron chi connectivity index (χ4n) is 4.12. The first-order chi connectivity index (χ1) is 15.1. The number of hydrogen-bond donors (Lipinski definition) is 3. The molecule has 1 saturated heterocycles. The van der Waals surface area contributed by atoms with Gasteiger partial charge in [-0.2, -0.15) is 13.2 Å². The number of thioether (sulfide) groups is 1. The highest BCUT2D eigenvalue weighted by atomic mass is 32.2. The van der Waals surface area contributed by atoms with Crippen molar-refractivity contribution in [3.8, 4) is 0 Å². The van der Waals surface area contributed by atoms with Crippen molar-refractivity contribution in [1.82, 2.24) is 9.88 Å². The Balaban J connectivity index is 1.49. The van der Waals surface area contributed by atoms with Crippen LogP contribution in [0.4, 0.5) is 18.9 Å². The maximum Gasteiger partial charge on any atom is 0.471 e. The van der Waals surface area contributed by atoms with E-state index in [9.17, 15) is 22.8 Å². The third-order valence-electron chi connectivity index (χ3n) is 5.61. The molecule has 1 amide bonds. The SMILES string of the molecule is Cc1cc(NC2CCN(C(=O)C(F)(F)F)CC2)c2[nH]c(C3=NC(CC(=O)O)CS3)cc2c1. The molecule has 1 aromatic heterocycles. The van der Waals surface area contributed by atoms with Crippen LogP contribution in [0.15, 0.2) is 23.2 Å². The number of aromatic amines is 1. The number of aromatic nitrogens is 1. The maximum atomic E-state index is 12.7. The van der Waals surface area contributed by atoms with Crippen molar-refractivity contribution in [2.24, 2.45) is 4.99 Å². The number of carbonyl (C=O) groups excluding carboxylic acids is 1. The van der Waals surface area contributed by atoms with Crippen LogP contribution in [0.3, 0.4) is 0 Å². The van der Waals surface area contributed by atoms with Crippen LogP contribution in [0.1, 0.15) is 30.5 Å². The standard InChI is InChI=1S/C21H23F3N4O3S/c1-11-6-12-8-16(19-26-14(10-32-19)9-17(29)30)27-18(12)15(7-11)25-13-2-4-28(5-3-13)20(31)21(22,23)24/h6-8,13-14,25,27H,2-5,9-10H2,1H3,(H,29,30). The molecule has 2 aromatic rings. The molecule has 3 heterocycles. The lowest BCUT2D eigenvalue weighted by molar-refractivity contribution is -0.186. The lowest BCUT2D eigenvalue weighted by atomic mass is 10.0. The number of aliphatic carboxylic acids is 1. The third-order valence-corrected chi connectivity index (χ3v) is 6.76. The van der Waals surface area contributed by atoms with Gasteiger partial charge in [-0.1, -0.05) is 0 Å². The normalized spacial score (nSPS) is 19.9. The summed E-state index contributed by atoms with van der Waals surface area (Å²) in [5.41, 5.74) is 3.55. The van der Waals surface area contributed by atoms with Crippen LogP contribution in [-0.2, 0) is 9.59 Å². The number of carboxylic acid groups (broad SMARTS) is 1. The first kappa shape index (κ1) is 22.5. The van der Waals surface area contributed by atoms with Crippen molar-refractivity contribution in [2.75, 3.05) is 24.2 Å². The molecule has 2 aliphatic heterocycles. The highest BCUT2D eigenvalue weighted by Crippen LogP contribution is 2.32. The molecule has 7 nitrogen and oxygen atoms in total. The Bertz CT molecular complexity index is 1070. The van der Waals surface area contributed by atoms with E-state index in [1.165, 1.54) is 11.8 Å². The molecule has 3 N–H and O–H groups in total. The minimum absolute atomic E-state index is 0.00180. The molecule has 11 heteroatoms. The highest BCUT2D eigenvalue weighted by molar-refractivity contribution is 8.14. The number of anilines is 1. The summed E-state index contributed by atoms with van der Waals surface area (Å²) in [6.45, 7) is 2.07. The molecule has 4 rings (SSSR count). The van der Waals surface area contributed by atoms with Crippen molar-refractivity contribution < 1.29 is 27.9 Å². The van der Waals surface area contributed by atoms with E-state index < -0.39 is 18.1 Å². The van der Waals surface area contributed by atoms with E-state index in [0.29, 0.717) is 18.6 Å². The molecule has 0 saturated carbocycles. The monoisotopic (exact) mass is 468 g/mol. The lowest BCUT2D eigenvalue weighted by Gasteiger charge is -2.33. The van der Waals surface area contributed by atoms with Crippen LogP contribution < -0.4 is 5.32 Å². The van der Waals surface area contributed by atoms with Crippen LogP contribution in [0.25, 0.3) is 10.9 Å². The molecular weight excluding hydrogens is 445 g/mol. The van der Waals surface area contributed by atoms with E-state index in [-0.39, 0.29) is 31.6 Å². The largest absolute Gasteiger partial charge is 0.481 e. The summed E-state index contributed by atoms with van der Waals surface area (Å²) < 4.78 is 38.0. The summed E-state index contributed by atoms with van der Waals surface area (Å²) in [6.07, 6.45) is -4.00. The number of alkyl halides is 3. The zero-order chi connectivity index (χ0) is 23.0. The van der Waals surface area contributed by atoms with Crippen LogP contribution in [0, 0.1) is 6.92 Å². The fourth-order valence-corrected chi connectivity index (χ4v) is 5.15. The van der Waals surface area contributed by atoms with Gasteiger partial charge >= 0.3 is 18.1 Å². The summed E-state index contributed by atoms with van der Waals surface area (Å²) >= 11 is 1.52. The third kappa shape index (κ3) is 4.87. The molecule has 32 heavy (non-hydrogen) atoms. The summed E-state index contributed by atoms with van der Waals surface area (Å²) in [6, 6.07) is 5.69. The number of benzene rings is 1. The Labute approximate surface area is 186 Å². The zero-order valence-corrected chi connectivity index (χ0v) is 18.1. The minimum atomic E-state index is -4.84. The van der Waals surface area contributed by atoms with Crippen LogP contribution >= 0.6 is 11.8 Å². The van der Waals surface area contributed by atoms with E-state index >= 15 is 0 Å². The molecule has 172 valence electrons. The smallest absolute Gasteiger partial charge is 0.471 e. The van der Waals surface area contributed by atoms with E-state index in [0.717, 1.165) is 37.8 Å². The number of aliphatic imine (C=N–C) groups is 1. The van der Waals surface area contributed by atoms with Gasteiger partial charge in [0.05, 0.1) is 29.4 Å². The molecule has 0 bridgehead atoms. The van der Waals surface area contributed by atoms with E-state index in [2.05, 4.69) is 15.3 Å². The molecule has 1 atom stereocenters. The molecule has 0 spiro atoms. The molecule has 1 aromatic carbocycles. The quantitative estimate of drug-likeness (QED) is 0.621. The number of rotatable bonds is 5. The predicted octanol–water partition coefficient (Wildman–Crippen LogP) is 3.78. The molecule has 1 fully saturated rings. The van der Waals surface area contributed by atoms with Crippen molar-refractivity contribution in [3.63, 3.8) is 0 Å². The molecular formula is C21H23F3N4O3S. The highest BCUT2D eigenvalue weighted by Gasteiger charge is 2.43. The summed E-state index contributed by atoms with van der Waals surface area (Å²) in [5.74, 6) is -2.03. The van der Waals surface area contributed by atoms with Gasteiger partial charge in [0.25, 0.3) is 0 Å². The number of halogens is 3. The predicted molar refractivity (Wildman–Crippen MR) is 117 cm³/mol. The number of H-pyrrole nitrogens is 1. The first-order valence-corrected chi connectivity index (χ1v) is 11.3. The van der Waals surface area contributed by atoms with Gasteiger partial charge in [0.15, 0.2) is 0 Å². The number of hydrogen-bond acceptors (Lipinski definition) is 5. The number of fused-ring (bicyclic) bond motifs is 1. The number of carbonyl (C=O) groups is 2. The van der Waals surface area contributed by atoms with E-state index in [4.69, 9.17) is 5.11 Å². The summed E-state index contributed by atoms with van der Waals surface area (Å²) in [7, 11) is 0. The van der Waals surface area contributed by atoms with Gasteiger partial charge in [-0.15, -0.1) is 11.8 Å². The molecule has 0 aliphatic carbocycles. The van der Waals surface area contributed by atoms with Crippen molar-refractivity contribution in [1.29, 1.82) is 0 Å². The van der Waals surface area contributed by atoms with Crippen molar-refractivity contribution >= 4 is 45.3 Å². The second-order valence-corrected chi connectivity index (χ2v) is 9.17. The van der Waals surface area contributed by atoms with E-state index in [1.54, 1.807) is 0 Å². The summed E-state index contributed by atoms with van der Waals surface area (Å²) in [5, 5.41) is 14.2. The summed E-state index contributed by atoms with van der Waals surface area (Å²) in [4.78, 5) is 31.1. The average Bonchev–Trinajstić information content (AvgIpc) is 3.33. The van der Waals surface area contributed by atoms with Crippen LogP contribution in [0.2, 0.25) is 0 Å². The van der Waals surface area contributed by atoms with Crippen LogP contribution in [-0.4, -0.2) is 69.0 Å². The maximum absolute atomic E-state index is 12.7. The number of piperidine rings is 1. The number of aryl methyl sites for hydroxylation is 1. The number of carboxylic acids is 1. The Morgan fingerprint density at radius 2 is 2.00 bits per heavy atom. The van der Waals surface area contributed by atoms with Crippen molar-refractivity contribution in [2.45, 2.75) is 44.4 Å². The molecule has 2 aliphatic rings. The Hall–Kier alpha value is -2.69. The second-order valence-electron chi connectivity index (χ2n) is 8.17. The van der Waals surface area contributed by atoms with Crippen LogP contribution in [0.5, 0.6) is 0 Å². The van der Waals surface area contributed by atoms with Gasteiger partial charge in [0.2, 0.25) is 0 Å². The first-order valence-electron chi connectivity index (χ1n) is 10.3. The fraction of sp³-hybridized carbons (Fsp3) is 0.476. The van der Waals surface area contributed by atoms with Gasteiger partial charge in [-0.05, 0) is 43.5 Å². The van der Waals surface area contributed by atoms with Gasteiger partial charge in [0.1, 0.15) is 5.04 Å². The zero-order valence-electron chi connectivity index (χ0n) is 17.3. The Morgan fingerprint density at radius 3 is 2.66 bits per heavy atom. The average molecular weight is 469 g/mol. The number of amides is 1. The topological polar surface area (TPSA) is 97.8 Å². The molecule has 1 unspecified atom stereocenters. The second kappa shape index (κ2) is 8.68. The lowest BCUT2D eigenvalue weighted by Crippen LogP contribution is -2.47. The minimum Gasteiger partial charge on any atom is -0.481 e. The number of likely N-dealkylation sites (tertiary alicyclic amines) is 1. The number of nitrogens with one attached hydrogen (secondary N) is 2. The Kier molecular flexibility index (Phi) is 6.11. The molecule has 0 radical (unpaired) electrons. The van der Waals surface area contributed by atoms with Gasteiger partial charge in [0, 0.05) is 30.3 Å².